The van der Waals surface area contributed by atoms with E-state index in [9.17, 15) is 0 Å². The molecule has 1 atom stereocenters. The minimum Gasteiger partial charge on any atom is -0.376 e. The first kappa shape index (κ1) is 14.5. The summed E-state index contributed by atoms with van der Waals surface area (Å²) in [5.41, 5.74) is 0.0602. The lowest BCUT2D eigenvalue weighted by molar-refractivity contribution is -0.0759. The number of hydrogen-bond donors (Lipinski definition) is 0. The SMILES string of the molecule is Cc1nccn1CCN(C)C[C@@H]1CCOC(C)(C)C1. The summed E-state index contributed by atoms with van der Waals surface area (Å²) in [6, 6.07) is 0. The molecule has 0 saturated carbocycles. The Labute approximate surface area is 116 Å². The van der Waals surface area contributed by atoms with Gasteiger partial charge >= 0.3 is 0 Å². The second-order valence-corrected chi connectivity index (χ2v) is 6.40. The molecule has 1 aromatic heterocycles. The molecule has 0 aromatic carbocycles. The highest BCUT2D eigenvalue weighted by Gasteiger charge is 2.29. The van der Waals surface area contributed by atoms with E-state index in [2.05, 4.69) is 48.5 Å². The van der Waals surface area contributed by atoms with Gasteiger partial charge in [-0.05, 0) is 46.6 Å². The lowest BCUT2D eigenvalue weighted by Gasteiger charge is -2.37. The Morgan fingerprint density at radius 3 is 2.95 bits per heavy atom. The minimum atomic E-state index is 0.0602. The molecule has 19 heavy (non-hydrogen) atoms. The second-order valence-electron chi connectivity index (χ2n) is 6.40. The van der Waals surface area contributed by atoms with Gasteiger partial charge in [0.05, 0.1) is 5.60 Å². The largest absolute Gasteiger partial charge is 0.376 e. The van der Waals surface area contributed by atoms with Crippen LogP contribution in [-0.2, 0) is 11.3 Å². The zero-order chi connectivity index (χ0) is 13.9. The minimum absolute atomic E-state index is 0.0602. The van der Waals surface area contributed by atoms with Gasteiger partial charge in [-0.15, -0.1) is 0 Å². The Morgan fingerprint density at radius 2 is 2.32 bits per heavy atom. The molecule has 0 amide bonds. The fourth-order valence-corrected chi connectivity index (χ4v) is 2.96. The number of imidazole rings is 1. The number of ether oxygens (including phenoxy) is 1. The maximum Gasteiger partial charge on any atom is 0.105 e. The predicted octanol–water partition coefficient (Wildman–Crippen LogP) is 2.33. The Kier molecular flexibility index (Phi) is 4.63. The molecule has 0 aliphatic carbocycles. The molecule has 0 spiro atoms. The Morgan fingerprint density at radius 1 is 1.53 bits per heavy atom. The van der Waals surface area contributed by atoms with E-state index in [0.29, 0.717) is 0 Å². The van der Waals surface area contributed by atoms with Crippen molar-refractivity contribution in [3.05, 3.63) is 18.2 Å². The van der Waals surface area contributed by atoms with Crippen LogP contribution in [0.3, 0.4) is 0 Å². The van der Waals surface area contributed by atoms with Gasteiger partial charge in [-0.1, -0.05) is 0 Å². The first-order valence-electron chi connectivity index (χ1n) is 7.26. The van der Waals surface area contributed by atoms with Crippen LogP contribution in [0.1, 0.15) is 32.5 Å². The zero-order valence-electron chi connectivity index (χ0n) is 12.7. The van der Waals surface area contributed by atoms with E-state index >= 15 is 0 Å². The molecule has 0 unspecified atom stereocenters. The van der Waals surface area contributed by atoms with Crippen LogP contribution in [0.25, 0.3) is 0 Å². The molecule has 0 N–H and O–H groups in total. The van der Waals surface area contributed by atoms with Crippen molar-refractivity contribution in [2.24, 2.45) is 5.92 Å². The number of nitrogens with zero attached hydrogens (tertiary/aromatic N) is 3. The van der Waals surface area contributed by atoms with E-state index in [4.69, 9.17) is 4.74 Å². The molecule has 1 aromatic rings. The molecule has 108 valence electrons. The molecule has 1 aliphatic rings. The van der Waals surface area contributed by atoms with Gasteiger partial charge in [0.2, 0.25) is 0 Å². The van der Waals surface area contributed by atoms with Gasteiger partial charge < -0.3 is 14.2 Å². The summed E-state index contributed by atoms with van der Waals surface area (Å²) in [6.45, 7) is 10.6. The lowest BCUT2D eigenvalue weighted by Crippen LogP contribution is -2.39. The average molecular weight is 265 g/mol. The average Bonchev–Trinajstić information content (AvgIpc) is 2.71. The predicted molar refractivity (Wildman–Crippen MR) is 77.2 cm³/mol. The van der Waals surface area contributed by atoms with Crippen molar-refractivity contribution >= 4 is 0 Å². The topological polar surface area (TPSA) is 30.3 Å². The third-order valence-corrected chi connectivity index (χ3v) is 4.02. The van der Waals surface area contributed by atoms with Crippen LogP contribution in [-0.4, -0.2) is 46.8 Å². The number of rotatable bonds is 5. The van der Waals surface area contributed by atoms with Crippen LogP contribution in [0.5, 0.6) is 0 Å². The molecule has 1 fully saturated rings. The fourth-order valence-electron chi connectivity index (χ4n) is 2.96. The molecule has 1 aliphatic heterocycles. The summed E-state index contributed by atoms with van der Waals surface area (Å²) >= 11 is 0. The molecule has 0 radical (unpaired) electrons. The van der Waals surface area contributed by atoms with Crippen molar-refractivity contribution in [2.75, 3.05) is 26.7 Å². The molecule has 4 heteroatoms. The molecule has 0 bridgehead atoms. The molecule has 2 heterocycles. The summed E-state index contributed by atoms with van der Waals surface area (Å²) in [4.78, 5) is 6.69. The first-order chi connectivity index (χ1) is 8.96. The van der Waals surface area contributed by atoms with Gasteiger partial charge in [-0.2, -0.15) is 0 Å². The van der Waals surface area contributed by atoms with E-state index in [1.165, 1.54) is 19.4 Å². The number of aromatic nitrogens is 2. The summed E-state index contributed by atoms with van der Waals surface area (Å²) in [5, 5.41) is 0. The van der Waals surface area contributed by atoms with Crippen molar-refractivity contribution in [3.63, 3.8) is 0 Å². The molecule has 1 saturated heterocycles. The van der Waals surface area contributed by atoms with Crippen molar-refractivity contribution in [3.8, 4) is 0 Å². The highest BCUT2D eigenvalue weighted by Crippen LogP contribution is 2.28. The Hall–Kier alpha value is -0.870. The van der Waals surface area contributed by atoms with Gasteiger partial charge in [0.1, 0.15) is 5.82 Å². The van der Waals surface area contributed by atoms with Crippen LogP contribution >= 0.6 is 0 Å². The van der Waals surface area contributed by atoms with Crippen LogP contribution in [0.15, 0.2) is 12.4 Å². The number of aryl methyl sites for hydroxylation is 1. The highest BCUT2D eigenvalue weighted by atomic mass is 16.5. The van der Waals surface area contributed by atoms with Gasteiger partial charge in [-0.3, -0.25) is 0 Å². The maximum absolute atomic E-state index is 5.78. The molecular weight excluding hydrogens is 238 g/mol. The van der Waals surface area contributed by atoms with Crippen LogP contribution < -0.4 is 0 Å². The number of hydrogen-bond acceptors (Lipinski definition) is 3. The molecular formula is C15H27N3O. The van der Waals surface area contributed by atoms with Gasteiger partial charge in [0, 0.05) is 38.6 Å². The smallest absolute Gasteiger partial charge is 0.105 e. The third-order valence-electron chi connectivity index (χ3n) is 4.02. The summed E-state index contributed by atoms with van der Waals surface area (Å²) < 4.78 is 7.99. The van der Waals surface area contributed by atoms with Crippen molar-refractivity contribution in [2.45, 2.75) is 45.8 Å². The summed E-state index contributed by atoms with van der Waals surface area (Å²) in [6.07, 6.45) is 6.29. The van der Waals surface area contributed by atoms with Gasteiger partial charge in [-0.25, -0.2) is 4.98 Å². The highest BCUT2D eigenvalue weighted by molar-refractivity contribution is 4.88. The monoisotopic (exact) mass is 265 g/mol. The van der Waals surface area contributed by atoms with E-state index in [-0.39, 0.29) is 5.60 Å². The Balaban J connectivity index is 1.75. The molecule has 2 rings (SSSR count). The standard InChI is InChI=1S/C15H27N3O/c1-13-16-6-7-18(13)9-8-17(4)12-14-5-10-19-15(2,3)11-14/h6-7,14H,5,8-12H2,1-4H3/t14-/m1/s1. The van der Waals surface area contributed by atoms with E-state index < -0.39 is 0 Å². The second kappa shape index (κ2) is 6.06. The quantitative estimate of drug-likeness (QED) is 0.818. The lowest BCUT2D eigenvalue weighted by atomic mass is 9.88. The van der Waals surface area contributed by atoms with E-state index in [0.717, 1.165) is 31.4 Å². The summed E-state index contributed by atoms with van der Waals surface area (Å²) in [5.74, 6) is 1.86. The molecule has 4 nitrogen and oxygen atoms in total. The van der Waals surface area contributed by atoms with Crippen LogP contribution in [0, 0.1) is 12.8 Å². The fraction of sp³-hybridized carbons (Fsp3) is 0.800. The normalized spacial score (nSPS) is 22.9. The Bertz CT molecular complexity index is 400. The third kappa shape index (κ3) is 4.32. The van der Waals surface area contributed by atoms with Crippen molar-refractivity contribution in [1.29, 1.82) is 0 Å². The van der Waals surface area contributed by atoms with Crippen molar-refractivity contribution in [1.82, 2.24) is 14.5 Å². The van der Waals surface area contributed by atoms with Gasteiger partial charge in [0.25, 0.3) is 0 Å². The maximum atomic E-state index is 5.78. The van der Waals surface area contributed by atoms with Crippen LogP contribution in [0.2, 0.25) is 0 Å². The van der Waals surface area contributed by atoms with E-state index in [1.807, 2.05) is 6.20 Å². The summed E-state index contributed by atoms with van der Waals surface area (Å²) in [7, 11) is 2.22. The zero-order valence-corrected chi connectivity index (χ0v) is 12.7. The number of likely N-dealkylation sites (N-methyl/N-ethyl adjacent to an activating group) is 1. The van der Waals surface area contributed by atoms with E-state index in [1.54, 1.807) is 0 Å². The van der Waals surface area contributed by atoms with Crippen molar-refractivity contribution < 1.29 is 4.74 Å². The van der Waals surface area contributed by atoms with Crippen LogP contribution in [0.4, 0.5) is 0 Å². The van der Waals surface area contributed by atoms with Gasteiger partial charge in [0.15, 0.2) is 0 Å². The first-order valence-corrected chi connectivity index (χ1v) is 7.26.